The molecule has 2 N–H and O–H groups in total. The molecule has 1 amide bonds. The Hall–Kier alpha value is -2.27. The van der Waals surface area contributed by atoms with Crippen LogP contribution in [0.5, 0.6) is 0 Å². The number of carbonyl (C=O) groups is 1. The lowest BCUT2D eigenvalue weighted by molar-refractivity contribution is -0.117. The number of carbonyl (C=O) groups excluding carboxylic acids is 1. The quantitative estimate of drug-likeness (QED) is 0.765. The van der Waals surface area contributed by atoms with Gasteiger partial charge in [-0.05, 0) is 39.7 Å². The molecule has 0 atom stereocenters. The fourth-order valence-electron chi connectivity index (χ4n) is 3.04. The van der Waals surface area contributed by atoms with Gasteiger partial charge in [-0.3, -0.25) is 14.8 Å². The van der Waals surface area contributed by atoms with Gasteiger partial charge >= 0.3 is 0 Å². The fourth-order valence-corrected chi connectivity index (χ4v) is 5.00. The number of nitrogens with one attached hydrogen (secondary N) is 2. The predicted octanol–water partition coefficient (Wildman–Crippen LogP) is 0.825. The number of aromatic amines is 1. The van der Waals surface area contributed by atoms with Crippen molar-refractivity contribution < 1.29 is 17.9 Å². The van der Waals surface area contributed by atoms with Gasteiger partial charge in [-0.15, -0.1) is 0 Å². The van der Waals surface area contributed by atoms with E-state index in [-0.39, 0.29) is 5.95 Å². The first kappa shape index (κ1) is 19.5. The molecule has 2 aromatic rings. The van der Waals surface area contributed by atoms with Gasteiger partial charge in [-0.2, -0.15) is 15.2 Å². The molecular weight excluding hydrogens is 372 g/mol. The molecule has 148 valence electrons. The molecule has 1 saturated heterocycles. The van der Waals surface area contributed by atoms with E-state index in [1.165, 1.54) is 13.8 Å². The number of H-pyrrole nitrogens is 1. The van der Waals surface area contributed by atoms with Crippen LogP contribution in [0, 0.1) is 6.92 Å². The van der Waals surface area contributed by atoms with E-state index in [2.05, 4.69) is 25.6 Å². The largest absolute Gasteiger partial charge is 0.381 e. The summed E-state index contributed by atoms with van der Waals surface area (Å²) in [5.41, 5.74) is 1.49. The molecule has 0 spiro atoms. The summed E-state index contributed by atoms with van der Waals surface area (Å²) in [7, 11) is -1.93. The molecule has 27 heavy (non-hydrogen) atoms. The number of amides is 1. The van der Waals surface area contributed by atoms with Gasteiger partial charge in [0.25, 0.3) is 0 Å². The zero-order chi connectivity index (χ0) is 19.8. The van der Waals surface area contributed by atoms with Crippen LogP contribution in [0.3, 0.4) is 0 Å². The Morgan fingerprint density at radius 3 is 2.63 bits per heavy atom. The van der Waals surface area contributed by atoms with Gasteiger partial charge in [0.15, 0.2) is 9.84 Å². The summed E-state index contributed by atoms with van der Waals surface area (Å²) in [6.07, 6.45) is 0.788. The average molecular weight is 396 g/mol. The summed E-state index contributed by atoms with van der Waals surface area (Å²) < 4.78 is 31.1. The molecule has 1 fully saturated rings. The highest BCUT2D eigenvalue weighted by Gasteiger charge is 2.46. The summed E-state index contributed by atoms with van der Waals surface area (Å²) in [6.45, 7) is 5.45. The normalized spacial score (nSPS) is 16.4. The van der Waals surface area contributed by atoms with Gasteiger partial charge in [0, 0.05) is 20.3 Å². The summed E-state index contributed by atoms with van der Waals surface area (Å²) in [4.78, 5) is 16.9. The van der Waals surface area contributed by atoms with E-state index in [0.717, 1.165) is 5.69 Å². The molecule has 10 nitrogen and oxygen atoms in total. The Kier molecular flexibility index (Phi) is 5.08. The second-order valence-electron chi connectivity index (χ2n) is 7.12. The number of nitrogens with zero attached hydrogens (tertiary/aromatic N) is 4. The minimum Gasteiger partial charge on any atom is -0.381 e. The van der Waals surface area contributed by atoms with Crippen LogP contribution in [-0.4, -0.2) is 62.5 Å². The van der Waals surface area contributed by atoms with Crippen LogP contribution in [0.15, 0.2) is 6.07 Å². The van der Waals surface area contributed by atoms with E-state index in [4.69, 9.17) is 4.74 Å². The molecule has 0 unspecified atom stereocenters. The Morgan fingerprint density at radius 2 is 2.04 bits per heavy atom. The van der Waals surface area contributed by atoms with Crippen molar-refractivity contribution in [2.45, 2.75) is 43.6 Å². The standard InChI is InChI=1S/C16H24N6O4S/c1-10-9-12(22(4)21-10)13-17-15(20-19-13)18-14(23)16(2,3)27(24,25)11-5-7-26-8-6-11/h9,11H,5-8H2,1-4H3,(H2,17,18,19,20,23). The van der Waals surface area contributed by atoms with Crippen molar-refractivity contribution in [3.8, 4) is 11.5 Å². The highest BCUT2D eigenvalue weighted by molar-refractivity contribution is 7.94. The molecule has 1 aliphatic rings. The minimum absolute atomic E-state index is 0.0871. The van der Waals surface area contributed by atoms with Crippen molar-refractivity contribution in [3.05, 3.63) is 11.8 Å². The SMILES string of the molecule is Cc1cc(-c2n[nH]c(NC(=O)C(C)(C)S(=O)(=O)C3CCOCC3)n2)n(C)n1. The van der Waals surface area contributed by atoms with Gasteiger partial charge in [0.2, 0.25) is 17.7 Å². The maximum atomic E-state index is 12.9. The van der Waals surface area contributed by atoms with Crippen LogP contribution in [0.2, 0.25) is 0 Å². The van der Waals surface area contributed by atoms with E-state index in [0.29, 0.717) is 37.6 Å². The van der Waals surface area contributed by atoms with Crippen molar-refractivity contribution in [2.24, 2.45) is 7.05 Å². The Labute approximate surface area is 157 Å². The number of ether oxygens (including phenoxy) is 1. The van der Waals surface area contributed by atoms with Gasteiger partial charge in [0.05, 0.1) is 10.9 Å². The van der Waals surface area contributed by atoms with Crippen LogP contribution in [-0.2, 0) is 26.4 Å². The maximum absolute atomic E-state index is 12.9. The summed E-state index contributed by atoms with van der Waals surface area (Å²) in [5.74, 6) is -0.208. The predicted molar refractivity (Wildman–Crippen MR) is 98.8 cm³/mol. The first-order valence-electron chi connectivity index (χ1n) is 8.69. The Morgan fingerprint density at radius 1 is 1.37 bits per heavy atom. The molecule has 0 aromatic carbocycles. The van der Waals surface area contributed by atoms with Gasteiger partial charge in [-0.1, -0.05) is 0 Å². The third-order valence-corrected chi connectivity index (χ3v) is 7.77. The first-order chi connectivity index (χ1) is 12.6. The van der Waals surface area contributed by atoms with Crippen LogP contribution < -0.4 is 5.32 Å². The number of rotatable bonds is 5. The summed E-state index contributed by atoms with van der Waals surface area (Å²) >= 11 is 0. The monoisotopic (exact) mass is 396 g/mol. The maximum Gasteiger partial charge on any atom is 0.247 e. The number of hydrogen-bond acceptors (Lipinski definition) is 7. The highest BCUT2D eigenvalue weighted by Crippen LogP contribution is 2.28. The lowest BCUT2D eigenvalue weighted by atomic mass is 10.2. The fraction of sp³-hybridized carbons (Fsp3) is 0.625. The molecule has 11 heteroatoms. The number of aromatic nitrogens is 5. The Bertz CT molecular complexity index is 940. The van der Waals surface area contributed by atoms with Crippen molar-refractivity contribution >= 4 is 21.7 Å². The summed E-state index contributed by atoms with van der Waals surface area (Å²) in [6, 6.07) is 1.81. The van der Waals surface area contributed by atoms with Crippen LogP contribution in [0.1, 0.15) is 32.4 Å². The first-order valence-corrected chi connectivity index (χ1v) is 10.2. The molecule has 0 bridgehead atoms. The second-order valence-corrected chi connectivity index (χ2v) is 9.90. The van der Waals surface area contributed by atoms with E-state index in [1.54, 1.807) is 11.7 Å². The highest BCUT2D eigenvalue weighted by atomic mass is 32.2. The zero-order valence-corrected chi connectivity index (χ0v) is 16.6. The minimum atomic E-state index is -3.70. The zero-order valence-electron chi connectivity index (χ0n) is 15.8. The number of hydrogen-bond donors (Lipinski definition) is 2. The molecule has 0 radical (unpaired) electrons. The van der Waals surface area contributed by atoms with Gasteiger partial charge in [-0.25, -0.2) is 13.5 Å². The second kappa shape index (κ2) is 7.04. The lowest BCUT2D eigenvalue weighted by Gasteiger charge is -2.30. The average Bonchev–Trinajstić information content (AvgIpc) is 3.21. The van der Waals surface area contributed by atoms with Gasteiger partial charge in [0.1, 0.15) is 10.4 Å². The Balaban J connectivity index is 1.77. The van der Waals surface area contributed by atoms with E-state index in [9.17, 15) is 13.2 Å². The summed E-state index contributed by atoms with van der Waals surface area (Å²) in [5, 5.41) is 12.9. The lowest BCUT2D eigenvalue weighted by Crippen LogP contribution is -2.50. The number of anilines is 1. The van der Waals surface area contributed by atoms with Crippen molar-refractivity contribution in [1.82, 2.24) is 25.0 Å². The van der Waals surface area contributed by atoms with E-state index in [1.807, 2.05) is 13.0 Å². The van der Waals surface area contributed by atoms with Crippen LogP contribution >= 0.6 is 0 Å². The molecule has 3 heterocycles. The molecule has 2 aromatic heterocycles. The van der Waals surface area contributed by atoms with Crippen molar-refractivity contribution in [3.63, 3.8) is 0 Å². The van der Waals surface area contributed by atoms with Crippen LogP contribution in [0.4, 0.5) is 5.95 Å². The van der Waals surface area contributed by atoms with Crippen molar-refractivity contribution in [1.29, 1.82) is 0 Å². The topological polar surface area (TPSA) is 132 Å². The van der Waals surface area contributed by atoms with Crippen molar-refractivity contribution in [2.75, 3.05) is 18.5 Å². The molecule has 3 rings (SSSR count). The van der Waals surface area contributed by atoms with E-state index >= 15 is 0 Å². The molecule has 0 aliphatic carbocycles. The number of aryl methyl sites for hydroxylation is 2. The third-order valence-electron chi connectivity index (χ3n) is 4.81. The third kappa shape index (κ3) is 3.61. The smallest absolute Gasteiger partial charge is 0.247 e. The van der Waals surface area contributed by atoms with E-state index < -0.39 is 25.7 Å². The molecule has 0 saturated carbocycles. The number of sulfone groups is 1. The van der Waals surface area contributed by atoms with Gasteiger partial charge < -0.3 is 4.74 Å². The molecule has 1 aliphatic heterocycles. The van der Waals surface area contributed by atoms with Crippen LogP contribution in [0.25, 0.3) is 11.5 Å². The molecular formula is C16H24N6O4S.